The fourth-order valence-electron chi connectivity index (χ4n) is 8.92. The van der Waals surface area contributed by atoms with Crippen molar-refractivity contribution in [3.63, 3.8) is 0 Å². The monoisotopic (exact) mass is 1290 g/mol. The first-order valence-electron chi connectivity index (χ1n) is 26.7. The molecule has 2 fully saturated rings. The second kappa shape index (κ2) is 40.7. The summed E-state index contributed by atoms with van der Waals surface area (Å²) in [7, 11) is -7.05. The molecule has 2 heterocycles. The van der Waals surface area contributed by atoms with Crippen molar-refractivity contribution in [3.8, 4) is 29.1 Å². The van der Waals surface area contributed by atoms with E-state index in [9.17, 15) is 21.6 Å². The predicted octanol–water partition coefficient (Wildman–Crippen LogP) is 6.05. The van der Waals surface area contributed by atoms with Crippen LogP contribution < -0.4 is 126 Å². The van der Waals surface area contributed by atoms with Gasteiger partial charge in [0.25, 0.3) is 6.47 Å². The Bertz CT molecular complexity index is 3050. The van der Waals surface area contributed by atoms with Crippen LogP contribution in [0.2, 0.25) is 0 Å². The number of alkyl halides is 1. The fourth-order valence-corrected chi connectivity index (χ4v) is 11.4. The van der Waals surface area contributed by atoms with Crippen molar-refractivity contribution in [3.05, 3.63) is 181 Å². The number of carbonyl (C=O) groups excluding carboxylic acids is 2. The molecule has 2 aliphatic heterocycles. The summed E-state index contributed by atoms with van der Waals surface area (Å²) in [6.07, 6.45) is 7.98. The summed E-state index contributed by atoms with van der Waals surface area (Å²) in [6.45, 7) is 11.5. The van der Waals surface area contributed by atoms with Gasteiger partial charge in [-0.1, -0.05) is 137 Å². The molecule has 0 aliphatic carbocycles. The predicted molar refractivity (Wildman–Crippen MR) is 326 cm³/mol. The zero-order chi connectivity index (χ0) is 59.1. The number of piperidine rings is 2. The van der Waals surface area contributed by atoms with Crippen LogP contribution in [0.15, 0.2) is 170 Å². The molecule has 2 saturated heterocycles. The quantitative estimate of drug-likeness (QED) is 0.0317. The Morgan fingerprint density at radius 3 is 1.45 bits per heavy atom. The Morgan fingerprint density at radius 2 is 1.05 bits per heavy atom. The van der Waals surface area contributed by atoms with Gasteiger partial charge in [-0.25, -0.2) is 21.6 Å². The van der Waals surface area contributed by atoms with Crippen molar-refractivity contribution in [2.45, 2.75) is 71.8 Å². The number of hydrogen-bond acceptors (Lipinski definition) is 13. The van der Waals surface area contributed by atoms with Crippen LogP contribution in [-0.4, -0.2) is 108 Å². The maximum absolute atomic E-state index is 12.9. The van der Waals surface area contributed by atoms with Gasteiger partial charge < -0.3 is 35.6 Å². The van der Waals surface area contributed by atoms with E-state index >= 15 is 0 Å². The molecule has 21 heteroatoms. The molecule has 440 valence electrons. The number of likely N-dealkylation sites (tertiary alicyclic amines) is 2. The number of rotatable bonds is 18. The molecule has 16 nitrogen and oxygen atoms in total. The van der Waals surface area contributed by atoms with Crippen LogP contribution in [0.5, 0.6) is 23.0 Å². The van der Waals surface area contributed by atoms with E-state index < -0.39 is 25.6 Å². The van der Waals surface area contributed by atoms with E-state index in [1.807, 2.05) is 124 Å². The molecule has 1 amide bonds. The Labute approximate surface area is 589 Å². The number of nitriles is 1. The van der Waals surface area contributed by atoms with Crippen molar-refractivity contribution in [2.24, 2.45) is 11.8 Å². The SMILES string of the molecule is BrCCc1ccccc1.CC#N.CC(C)(C)OC(=O)N1CCCC(CN(c2ccccc2Oc2ccccc2)S(C)(=O)=O)C1.CS(=O)(=O)N(CC1CCCN(CCc2ccccc2)C1)c1ccccc1Oc1ccccc1.O=CO[O-].[2HH].[H-].[K+].[K+]. The normalized spacial score (nSPS) is 14.7. The zero-order valence-corrected chi connectivity index (χ0v) is 58.7. The van der Waals surface area contributed by atoms with Crippen molar-refractivity contribution in [2.75, 3.05) is 72.3 Å². The third kappa shape index (κ3) is 29.5. The number of carbonyl (C=O) groups is 2. The first-order valence-corrected chi connectivity index (χ1v) is 31.6. The number of para-hydroxylation sites is 6. The molecule has 6 aromatic rings. The summed E-state index contributed by atoms with van der Waals surface area (Å²) in [5.74, 6) is 2.57. The Morgan fingerprint density at radius 1 is 0.675 bits per heavy atom. The van der Waals surface area contributed by atoms with Crippen LogP contribution in [0.4, 0.5) is 16.2 Å². The van der Waals surface area contributed by atoms with Gasteiger partial charge in [0.05, 0.1) is 30.0 Å². The summed E-state index contributed by atoms with van der Waals surface area (Å²) in [6, 6.07) is 55.9. The van der Waals surface area contributed by atoms with Crippen LogP contribution in [0.25, 0.3) is 0 Å². The molecule has 6 aromatic carbocycles. The number of ether oxygens (including phenoxy) is 3. The number of hydrogen-bond donors (Lipinski definition) is 0. The van der Waals surface area contributed by atoms with Gasteiger partial charge in [0.15, 0.2) is 11.5 Å². The summed E-state index contributed by atoms with van der Waals surface area (Å²) < 4.78 is 71.8. The van der Waals surface area contributed by atoms with Crippen LogP contribution in [0, 0.1) is 23.2 Å². The fraction of sp³-hybridized carbons (Fsp3) is 0.371. The molecule has 83 heavy (non-hydrogen) atoms. The average Bonchev–Trinajstić information content (AvgIpc) is 3.54. The molecule has 0 saturated carbocycles. The molecule has 0 aromatic heterocycles. The van der Waals surface area contributed by atoms with Gasteiger partial charge >= 0.3 is 109 Å². The molecule has 2 unspecified atom stereocenters. The molecule has 0 bridgehead atoms. The van der Waals surface area contributed by atoms with Gasteiger partial charge in [-0.2, -0.15) is 5.26 Å². The maximum atomic E-state index is 12.9. The number of halogens is 1. The van der Waals surface area contributed by atoms with E-state index in [0.717, 1.165) is 63.5 Å². The van der Waals surface area contributed by atoms with Crippen LogP contribution in [0.1, 0.15) is 67.4 Å². The van der Waals surface area contributed by atoms with Crippen molar-refractivity contribution < 1.29 is 156 Å². The molecule has 0 N–H and O–H groups in total. The third-order valence-electron chi connectivity index (χ3n) is 12.5. The van der Waals surface area contributed by atoms with E-state index in [-0.39, 0.29) is 137 Å². The van der Waals surface area contributed by atoms with Gasteiger partial charge in [0.1, 0.15) is 17.1 Å². The maximum Gasteiger partial charge on any atom is 1.00 e. The van der Waals surface area contributed by atoms with E-state index in [2.05, 4.69) is 74.2 Å². The Balaban J connectivity index is 0.00000127. The third-order valence-corrected chi connectivity index (χ3v) is 15.1. The molecule has 8 rings (SSSR count). The van der Waals surface area contributed by atoms with Gasteiger partial charge in [0.2, 0.25) is 20.0 Å². The Hall–Kier alpha value is -3.68. The number of anilines is 2. The summed E-state index contributed by atoms with van der Waals surface area (Å²) in [5.41, 5.74) is 3.23. The second-order valence-corrected chi connectivity index (χ2v) is 24.8. The summed E-state index contributed by atoms with van der Waals surface area (Å²) >= 11 is 3.39. The summed E-state index contributed by atoms with van der Waals surface area (Å²) in [5, 5.41) is 16.8. The summed E-state index contributed by atoms with van der Waals surface area (Å²) in [4.78, 5) is 27.9. The first kappa shape index (κ1) is 75.4. The standard InChI is InChI=1S/C27H32N2O3S.C24H32N2O5S.C8H9Br.C2H3N.CH2O3.2K.H2.H/c1-33(30,31)29(26-16-8-9-17-27(26)32-25-14-6-3-7-15-25)22-24-13-10-19-28(21-24)20-18-23-11-4-2-5-12-23;1-24(2,3)31-23(27)25-16-10-11-19(17-25)18-26(32(4,28)29)21-14-8-9-15-22(21)30-20-12-6-5-7-13-20;9-7-6-8-4-2-1-3-5-8;1-2-3;2-1-4-3;;;;/h2-9,11-12,14-17,24H,10,13,18-22H2,1H3;5-9,12-15,19H,10-11,16-18H2,1-4H3;1-5H,6-7H2;1H3;1,3H;;;1H;/q;;;;;2*+1;;-1/p-1/i;;;;;;;1+1;. The molecule has 0 spiro atoms. The number of sulfonamides is 2. The van der Waals surface area contributed by atoms with Crippen molar-refractivity contribution in [1.82, 2.24) is 9.80 Å². The average molecular weight is 1290 g/mol. The van der Waals surface area contributed by atoms with E-state index in [4.69, 9.17) is 29.5 Å². The van der Waals surface area contributed by atoms with Crippen LogP contribution in [0.3, 0.4) is 0 Å². The second-order valence-electron chi connectivity index (χ2n) is 20.2. The zero-order valence-electron chi connectivity index (χ0n) is 50.2. The number of aryl methyl sites for hydroxylation is 1. The van der Waals surface area contributed by atoms with Gasteiger partial charge in [0, 0.05) is 52.9 Å². The number of nitrogens with zero attached hydrogens (tertiary/aromatic N) is 5. The molecule has 2 aliphatic rings. The van der Waals surface area contributed by atoms with Crippen molar-refractivity contribution in [1.29, 1.82) is 5.26 Å². The van der Waals surface area contributed by atoms with E-state index in [1.165, 1.54) is 39.2 Å². The minimum Gasteiger partial charge on any atom is -1.00 e. The van der Waals surface area contributed by atoms with E-state index in [1.54, 1.807) is 29.2 Å². The van der Waals surface area contributed by atoms with Crippen LogP contribution >= 0.6 is 15.9 Å². The first-order chi connectivity index (χ1) is 38.8. The molecular formula is C62H80BrK2N5O11S2. The van der Waals surface area contributed by atoms with Crippen LogP contribution in [-0.2, 0) is 47.3 Å². The molecule has 0 radical (unpaired) electrons. The topological polar surface area (TPSA) is 199 Å². The minimum atomic E-state index is -3.58. The van der Waals surface area contributed by atoms with Gasteiger partial charge in [-0.05, 0) is 137 Å². The van der Waals surface area contributed by atoms with E-state index in [0.29, 0.717) is 54.0 Å². The largest absolute Gasteiger partial charge is 1.00 e. The number of amides is 1. The number of benzene rings is 6. The smallest absolute Gasteiger partial charge is 1.00 e. The Kier molecular flexibility index (Phi) is 36.9. The van der Waals surface area contributed by atoms with Gasteiger partial charge in [-0.3, -0.25) is 13.4 Å². The molecular weight excluding hydrogens is 1210 g/mol. The minimum absolute atomic E-state index is 0. The molecule has 2 atom stereocenters. The van der Waals surface area contributed by atoms with Gasteiger partial charge in [-0.15, -0.1) is 0 Å². The van der Waals surface area contributed by atoms with Crippen molar-refractivity contribution >= 4 is 59.9 Å².